The Morgan fingerprint density at radius 3 is 2.55 bits per heavy atom. The van der Waals surface area contributed by atoms with Crippen LogP contribution in [0.15, 0.2) is 18.2 Å². The number of rotatable bonds is 3. The molecule has 0 atom stereocenters. The molecule has 1 aliphatic rings. The second-order valence-electron chi connectivity index (χ2n) is 4.96. The lowest BCUT2D eigenvalue weighted by Gasteiger charge is -2.33. The monoisotopic (exact) mass is 315 g/mol. The van der Waals surface area contributed by atoms with Crippen molar-refractivity contribution in [3.05, 3.63) is 28.2 Å². The van der Waals surface area contributed by atoms with Crippen LogP contribution >= 0.6 is 23.2 Å². The molecule has 3 nitrogen and oxygen atoms in total. The first-order chi connectivity index (χ1) is 9.63. The standard InChI is InChI=1S/C15H19Cl2NO2/c1-2-20-15(19)18(11-6-4-3-5-7-11)12-8-9-13(16)14(17)10-12/h8-11H,2-7H2,1H3. The second-order valence-corrected chi connectivity index (χ2v) is 5.77. The fourth-order valence-electron chi connectivity index (χ4n) is 2.63. The third-order valence-corrected chi connectivity index (χ3v) is 4.32. The van der Waals surface area contributed by atoms with Gasteiger partial charge in [0, 0.05) is 11.7 Å². The zero-order valence-electron chi connectivity index (χ0n) is 11.6. The molecular weight excluding hydrogens is 297 g/mol. The number of carbonyl (C=O) groups excluding carboxylic acids is 1. The van der Waals surface area contributed by atoms with Crippen LogP contribution in [-0.2, 0) is 4.74 Å². The SMILES string of the molecule is CCOC(=O)N(c1ccc(Cl)c(Cl)c1)C1CCCCC1. The largest absolute Gasteiger partial charge is 0.449 e. The van der Waals surface area contributed by atoms with Gasteiger partial charge < -0.3 is 4.74 Å². The Hall–Kier alpha value is -0.930. The molecule has 1 aliphatic carbocycles. The average molecular weight is 316 g/mol. The van der Waals surface area contributed by atoms with Crippen LogP contribution in [0.1, 0.15) is 39.0 Å². The summed E-state index contributed by atoms with van der Waals surface area (Å²) in [4.78, 5) is 14.0. The molecule has 0 unspecified atom stereocenters. The molecule has 1 fully saturated rings. The zero-order chi connectivity index (χ0) is 14.5. The lowest BCUT2D eigenvalue weighted by molar-refractivity contribution is 0.155. The molecule has 20 heavy (non-hydrogen) atoms. The maximum absolute atomic E-state index is 12.3. The minimum atomic E-state index is -0.308. The Morgan fingerprint density at radius 2 is 1.95 bits per heavy atom. The van der Waals surface area contributed by atoms with Crippen LogP contribution in [0.4, 0.5) is 10.5 Å². The van der Waals surface area contributed by atoms with Gasteiger partial charge in [-0.2, -0.15) is 0 Å². The predicted octanol–water partition coefficient (Wildman–Crippen LogP) is 5.29. The van der Waals surface area contributed by atoms with Crippen molar-refractivity contribution in [1.29, 1.82) is 0 Å². The van der Waals surface area contributed by atoms with E-state index in [4.69, 9.17) is 27.9 Å². The van der Waals surface area contributed by atoms with Gasteiger partial charge in [0.2, 0.25) is 0 Å². The molecule has 0 spiro atoms. The number of hydrogen-bond acceptors (Lipinski definition) is 2. The summed E-state index contributed by atoms with van der Waals surface area (Å²) in [7, 11) is 0. The minimum Gasteiger partial charge on any atom is -0.449 e. The molecule has 1 saturated carbocycles. The Balaban J connectivity index is 2.28. The highest BCUT2D eigenvalue weighted by molar-refractivity contribution is 6.42. The first kappa shape index (κ1) is 15.5. The van der Waals surface area contributed by atoms with E-state index in [-0.39, 0.29) is 12.1 Å². The van der Waals surface area contributed by atoms with E-state index in [1.54, 1.807) is 17.0 Å². The highest BCUT2D eigenvalue weighted by Gasteiger charge is 2.28. The van der Waals surface area contributed by atoms with E-state index in [1.807, 2.05) is 13.0 Å². The molecule has 0 aromatic heterocycles. The average Bonchev–Trinajstić information content (AvgIpc) is 2.44. The summed E-state index contributed by atoms with van der Waals surface area (Å²) in [6, 6.07) is 5.45. The van der Waals surface area contributed by atoms with Crippen LogP contribution in [0.5, 0.6) is 0 Å². The number of halogens is 2. The predicted molar refractivity (Wildman–Crippen MR) is 82.8 cm³/mol. The summed E-state index contributed by atoms with van der Waals surface area (Å²) in [5.41, 5.74) is 0.754. The first-order valence-corrected chi connectivity index (χ1v) is 7.80. The van der Waals surface area contributed by atoms with Crippen LogP contribution in [0.3, 0.4) is 0 Å². The Morgan fingerprint density at radius 1 is 1.25 bits per heavy atom. The Bertz CT molecular complexity index is 473. The van der Waals surface area contributed by atoms with E-state index in [2.05, 4.69) is 0 Å². The number of amides is 1. The number of carbonyl (C=O) groups is 1. The topological polar surface area (TPSA) is 29.5 Å². The van der Waals surface area contributed by atoms with E-state index in [1.165, 1.54) is 6.42 Å². The molecule has 5 heteroatoms. The van der Waals surface area contributed by atoms with Gasteiger partial charge in [0.25, 0.3) is 0 Å². The quantitative estimate of drug-likeness (QED) is 0.758. The van der Waals surface area contributed by atoms with Gasteiger partial charge in [-0.3, -0.25) is 4.90 Å². The van der Waals surface area contributed by atoms with Gasteiger partial charge in [0.1, 0.15) is 0 Å². The fraction of sp³-hybridized carbons (Fsp3) is 0.533. The van der Waals surface area contributed by atoms with Crippen molar-refractivity contribution >= 4 is 35.0 Å². The summed E-state index contributed by atoms with van der Waals surface area (Å²) >= 11 is 12.0. The molecule has 0 bridgehead atoms. The van der Waals surface area contributed by atoms with Gasteiger partial charge >= 0.3 is 6.09 Å². The molecule has 1 amide bonds. The van der Waals surface area contributed by atoms with Crippen molar-refractivity contribution in [2.24, 2.45) is 0 Å². The van der Waals surface area contributed by atoms with Crippen LogP contribution in [0.25, 0.3) is 0 Å². The maximum Gasteiger partial charge on any atom is 0.414 e. The van der Waals surface area contributed by atoms with Crippen molar-refractivity contribution in [2.45, 2.75) is 45.1 Å². The molecule has 0 saturated heterocycles. The number of hydrogen-bond donors (Lipinski definition) is 0. The maximum atomic E-state index is 12.3. The Labute approximate surface area is 129 Å². The van der Waals surface area contributed by atoms with E-state index >= 15 is 0 Å². The number of nitrogens with zero attached hydrogens (tertiary/aromatic N) is 1. The van der Waals surface area contributed by atoms with Crippen LogP contribution in [-0.4, -0.2) is 18.7 Å². The highest BCUT2D eigenvalue weighted by Crippen LogP contribution is 2.32. The van der Waals surface area contributed by atoms with Crippen molar-refractivity contribution < 1.29 is 9.53 Å². The smallest absolute Gasteiger partial charge is 0.414 e. The van der Waals surface area contributed by atoms with Crippen molar-refractivity contribution in [3.63, 3.8) is 0 Å². The molecule has 110 valence electrons. The van der Waals surface area contributed by atoms with E-state index in [0.717, 1.165) is 31.4 Å². The normalized spacial score (nSPS) is 15.9. The van der Waals surface area contributed by atoms with Gasteiger partial charge in [0.05, 0.1) is 16.7 Å². The lowest BCUT2D eigenvalue weighted by Crippen LogP contribution is -2.42. The summed E-state index contributed by atoms with van der Waals surface area (Å²) in [5.74, 6) is 0. The zero-order valence-corrected chi connectivity index (χ0v) is 13.1. The van der Waals surface area contributed by atoms with E-state index < -0.39 is 0 Å². The fourth-order valence-corrected chi connectivity index (χ4v) is 2.92. The molecule has 0 aliphatic heterocycles. The molecule has 0 radical (unpaired) electrons. The van der Waals surface area contributed by atoms with Crippen molar-refractivity contribution in [3.8, 4) is 0 Å². The lowest BCUT2D eigenvalue weighted by atomic mass is 9.94. The summed E-state index contributed by atoms with van der Waals surface area (Å²) < 4.78 is 5.19. The molecular formula is C15H19Cl2NO2. The van der Waals surface area contributed by atoms with E-state index in [0.29, 0.717) is 16.7 Å². The van der Waals surface area contributed by atoms with Gasteiger partial charge in [-0.25, -0.2) is 4.79 Å². The van der Waals surface area contributed by atoms with Crippen LogP contribution in [0.2, 0.25) is 10.0 Å². The van der Waals surface area contributed by atoms with Crippen molar-refractivity contribution in [2.75, 3.05) is 11.5 Å². The summed E-state index contributed by atoms with van der Waals surface area (Å²) in [5, 5.41) is 0.942. The molecule has 1 aromatic rings. The summed E-state index contributed by atoms with van der Waals surface area (Å²) in [6.07, 6.45) is 5.20. The number of benzene rings is 1. The number of ether oxygens (including phenoxy) is 1. The Kier molecular flexibility index (Phi) is 5.55. The molecule has 1 aromatic carbocycles. The third-order valence-electron chi connectivity index (χ3n) is 3.59. The van der Waals surface area contributed by atoms with Gasteiger partial charge in [-0.05, 0) is 38.0 Å². The second kappa shape index (κ2) is 7.19. The molecule has 0 heterocycles. The highest BCUT2D eigenvalue weighted by atomic mass is 35.5. The van der Waals surface area contributed by atoms with Gasteiger partial charge in [0.15, 0.2) is 0 Å². The number of anilines is 1. The molecule has 0 N–H and O–H groups in total. The van der Waals surface area contributed by atoms with Gasteiger partial charge in [-0.1, -0.05) is 42.5 Å². The molecule has 2 rings (SSSR count). The first-order valence-electron chi connectivity index (χ1n) is 7.04. The van der Waals surface area contributed by atoms with Crippen LogP contribution < -0.4 is 4.90 Å². The summed E-state index contributed by atoms with van der Waals surface area (Å²) in [6.45, 7) is 2.18. The minimum absolute atomic E-state index is 0.181. The van der Waals surface area contributed by atoms with E-state index in [9.17, 15) is 4.79 Å². The van der Waals surface area contributed by atoms with Crippen molar-refractivity contribution in [1.82, 2.24) is 0 Å². The third kappa shape index (κ3) is 3.58. The van der Waals surface area contributed by atoms with Gasteiger partial charge in [-0.15, -0.1) is 0 Å². The van der Waals surface area contributed by atoms with Crippen LogP contribution in [0, 0.1) is 0 Å².